The first-order chi connectivity index (χ1) is 11.8. The van der Waals surface area contributed by atoms with E-state index in [0.29, 0.717) is 6.42 Å². The number of benzene rings is 1. The first-order valence-corrected chi connectivity index (χ1v) is 7.78. The summed E-state index contributed by atoms with van der Waals surface area (Å²) in [4.78, 5) is 24.6. The lowest BCUT2D eigenvalue weighted by Gasteiger charge is -2.20. The number of aryl methyl sites for hydroxylation is 2. The number of carboxylic acid groups (broad SMARTS) is 1. The second-order valence-electron chi connectivity index (χ2n) is 5.70. The molecule has 0 aliphatic carbocycles. The third-order valence-corrected chi connectivity index (χ3v) is 3.65. The molecule has 6 nitrogen and oxygen atoms in total. The van der Waals surface area contributed by atoms with Crippen LogP contribution in [0, 0.1) is 19.7 Å². The molecule has 0 spiro atoms. The zero-order chi connectivity index (χ0) is 18.6. The molecule has 7 heteroatoms. The van der Waals surface area contributed by atoms with Gasteiger partial charge in [0.15, 0.2) is 0 Å². The lowest BCUT2D eigenvalue weighted by molar-refractivity contribution is -0.137. The normalized spacial score (nSPS) is 10.5. The summed E-state index contributed by atoms with van der Waals surface area (Å²) in [6, 6.07) is 5.87. The maximum absolute atomic E-state index is 14.5. The number of amides is 1. The Balaban J connectivity index is 2.31. The van der Waals surface area contributed by atoms with E-state index in [2.05, 4.69) is 11.7 Å². The number of carbonyl (C=O) groups excluding carboxylic acids is 1. The highest BCUT2D eigenvalue weighted by Crippen LogP contribution is 2.18. The van der Waals surface area contributed by atoms with Crippen LogP contribution in [0.3, 0.4) is 0 Å². The minimum atomic E-state index is -1.13. The molecular weight excluding hydrogens is 325 g/mol. The van der Waals surface area contributed by atoms with Crippen molar-refractivity contribution in [1.82, 2.24) is 14.7 Å². The minimum absolute atomic E-state index is 0.0908. The molecule has 25 heavy (non-hydrogen) atoms. The van der Waals surface area contributed by atoms with Crippen molar-refractivity contribution >= 4 is 11.9 Å². The molecule has 132 valence electrons. The number of hydrogen-bond acceptors (Lipinski definition) is 3. The Hall–Kier alpha value is -2.96. The average molecular weight is 345 g/mol. The van der Waals surface area contributed by atoms with E-state index >= 15 is 0 Å². The molecule has 1 heterocycles. The highest BCUT2D eigenvalue weighted by molar-refractivity contribution is 5.96. The Morgan fingerprint density at radius 1 is 1.36 bits per heavy atom. The standard InChI is InChI=1S/C18H20FN3O3/c1-4-5-8-21(11-17(23)24)18(25)14-6-7-16(15(19)10-14)22-13(3)9-12(2)20-22/h4,6-7,9-10H,1,5,8,11H2,2-3H3,(H,23,24). The average Bonchev–Trinajstić information content (AvgIpc) is 2.88. The van der Waals surface area contributed by atoms with Gasteiger partial charge in [-0.3, -0.25) is 9.59 Å². The van der Waals surface area contributed by atoms with Crippen LogP contribution < -0.4 is 0 Å². The lowest BCUT2D eigenvalue weighted by Crippen LogP contribution is -2.36. The minimum Gasteiger partial charge on any atom is -0.480 e. The van der Waals surface area contributed by atoms with Crippen molar-refractivity contribution in [2.75, 3.05) is 13.1 Å². The number of carboxylic acids is 1. The van der Waals surface area contributed by atoms with Crippen molar-refractivity contribution in [3.05, 3.63) is 59.7 Å². The number of rotatable bonds is 7. The van der Waals surface area contributed by atoms with Crippen LogP contribution in [-0.2, 0) is 4.79 Å². The van der Waals surface area contributed by atoms with E-state index in [1.54, 1.807) is 6.08 Å². The van der Waals surface area contributed by atoms with Crippen molar-refractivity contribution in [2.24, 2.45) is 0 Å². The summed E-state index contributed by atoms with van der Waals surface area (Å²) in [7, 11) is 0. The molecule has 1 aromatic heterocycles. The predicted molar refractivity (Wildman–Crippen MR) is 91.3 cm³/mol. The molecule has 1 aromatic carbocycles. The summed E-state index contributed by atoms with van der Waals surface area (Å²) in [6.45, 7) is 6.93. The van der Waals surface area contributed by atoms with Crippen LogP contribution in [-0.4, -0.2) is 44.8 Å². The van der Waals surface area contributed by atoms with Crippen LogP contribution in [0.2, 0.25) is 0 Å². The van der Waals surface area contributed by atoms with Gasteiger partial charge in [-0.05, 0) is 44.5 Å². The van der Waals surface area contributed by atoms with Gasteiger partial charge in [0.05, 0.1) is 5.69 Å². The van der Waals surface area contributed by atoms with Gasteiger partial charge in [-0.15, -0.1) is 6.58 Å². The lowest BCUT2D eigenvalue weighted by atomic mass is 10.1. The highest BCUT2D eigenvalue weighted by Gasteiger charge is 2.20. The third kappa shape index (κ3) is 4.32. The fraction of sp³-hybridized carbons (Fsp3) is 0.278. The topological polar surface area (TPSA) is 75.4 Å². The van der Waals surface area contributed by atoms with Gasteiger partial charge in [0.2, 0.25) is 0 Å². The number of aliphatic carboxylic acids is 1. The molecule has 2 aromatic rings. The van der Waals surface area contributed by atoms with Gasteiger partial charge < -0.3 is 10.0 Å². The number of halogens is 1. The van der Waals surface area contributed by atoms with Gasteiger partial charge in [0, 0.05) is 17.8 Å². The van der Waals surface area contributed by atoms with E-state index in [1.807, 2.05) is 19.9 Å². The maximum atomic E-state index is 14.5. The van der Waals surface area contributed by atoms with Crippen molar-refractivity contribution in [3.63, 3.8) is 0 Å². The van der Waals surface area contributed by atoms with Crippen LogP contribution in [0.25, 0.3) is 5.69 Å². The second-order valence-corrected chi connectivity index (χ2v) is 5.70. The third-order valence-electron chi connectivity index (χ3n) is 3.65. The van der Waals surface area contributed by atoms with E-state index in [4.69, 9.17) is 5.11 Å². The largest absolute Gasteiger partial charge is 0.480 e. The Labute approximate surface area is 145 Å². The molecule has 0 unspecified atom stereocenters. The van der Waals surface area contributed by atoms with Crippen LogP contribution in [0.5, 0.6) is 0 Å². The molecule has 0 saturated heterocycles. The zero-order valence-electron chi connectivity index (χ0n) is 14.2. The number of nitrogens with zero attached hydrogens (tertiary/aromatic N) is 3. The predicted octanol–water partition coefficient (Wildman–Crippen LogP) is 2.73. The Morgan fingerprint density at radius 2 is 2.08 bits per heavy atom. The summed E-state index contributed by atoms with van der Waals surface area (Å²) in [5.74, 6) is -2.27. The molecular formula is C18H20FN3O3. The first kappa shape index (κ1) is 18.4. The van der Waals surface area contributed by atoms with E-state index < -0.39 is 24.2 Å². The number of aromatic nitrogens is 2. The SMILES string of the molecule is C=CCCN(CC(=O)O)C(=O)c1ccc(-n2nc(C)cc2C)c(F)c1. The molecule has 0 aliphatic rings. The van der Waals surface area contributed by atoms with Gasteiger partial charge in [-0.2, -0.15) is 5.10 Å². The van der Waals surface area contributed by atoms with Crippen LogP contribution in [0.15, 0.2) is 36.9 Å². The van der Waals surface area contributed by atoms with Crippen molar-refractivity contribution in [3.8, 4) is 5.69 Å². The van der Waals surface area contributed by atoms with Gasteiger partial charge in [-0.1, -0.05) is 6.08 Å². The number of carbonyl (C=O) groups is 2. The summed E-state index contributed by atoms with van der Waals surface area (Å²) in [5.41, 5.74) is 1.86. The van der Waals surface area contributed by atoms with Crippen LogP contribution in [0.1, 0.15) is 28.2 Å². The fourth-order valence-corrected chi connectivity index (χ4v) is 2.53. The quantitative estimate of drug-likeness (QED) is 0.783. The molecule has 0 bridgehead atoms. The Morgan fingerprint density at radius 3 is 2.60 bits per heavy atom. The molecule has 0 radical (unpaired) electrons. The molecule has 0 aliphatic heterocycles. The monoisotopic (exact) mass is 345 g/mol. The van der Waals surface area contributed by atoms with E-state index in [-0.39, 0.29) is 17.8 Å². The Bertz CT molecular complexity index is 814. The smallest absolute Gasteiger partial charge is 0.323 e. The summed E-state index contributed by atoms with van der Waals surface area (Å²) in [5, 5.41) is 13.2. The van der Waals surface area contributed by atoms with Crippen LogP contribution in [0.4, 0.5) is 4.39 Å². The fourth-order valence-electron chi connectivity index (χ4n) is 2.53. The maximum Gasteiger partial charge on any atom is 0.323 e. The van der Waals surface area contributed by atoms with Gasteiger partial charge >= 0.3 is 5.97 Å². The van der Waals surface area contributed by atoms with Crippen molar-refractivity contribution in [1.29, 1.82) is 0 Å². The summed E-state index contributed by atoms with van der Waals surface area (Å²) >= 11 is 0. The number of hydrogen-bond donors (Lipinski definition) is 1. The van der Waals surface area contributed by atoms with E-state index in [9.17, 15) is 14.0 Å². The highest BCUT2D eigenvalue weighted by atomic mass is 19.1. The first-order valence-electron chi connectivity index (χ1n) is 7.78. The second kappa shape index (κ2) is 7.74. The van der Waals surface area contributed by atoms with E-state index in [1.165, 1.54) is 16.8 Å². The van der Waals surface area contributed by atoms with E-state index in [0.717, 1.165) is 22.4 Å². The van der Waals surface area contributed by atoms with Gasteiger partial charge in [0.1, 0.15) is 18.0 Å². The molecule has 0 fully saturated rings. The zero-order valence-corrected chi connectivity index (χ0v) is 14.2. The molecule has 0 atom stereocenters. The summed E-state index contributed by atoms with van der Waals surface area (Å²) in [6.07, 6.45) is 2.04. The van der Waals surface area contributed by atoms with Crippen molar-refractivity contribution in [2.45, 2.75) is 20.3 Å². The Kier molecular flexibility index (Phi) is 5.69. The van der Waals surface area contributed by atoms with Gasteiger partial charge in [0.25, 0.3) is 5.91 Å². The molecule has 1 amide bonds. The molecule has 1 N–H and O–H groups in total. The van der Waals surface area contributed by atoms with Crippen molar-refractivity contribution < 1.29 is 19.1 Å². The van der Waals surface area contributed by atoms with Crippen LogP contribution >= 0.6 is 0 Å². The molecule has 0 saturated carbocycles. The summed E-state index contributed by atoms with van der Waals surface area (Å²) < 4.78 is 16.0. The molecule has 2 rings (SSSR count). The van der Waals surface area contributed by atoms with Gasteiger partial charge in [-0.25, -0.2) is 9.07 Å².